The molecule has 0 aromatic heterocycles. The van der Waals surface area contributed by atoms with Gasteiger partial charge >= 0.3 is 5.97 Å². The predicted molar refractivity (Wildman–Crippen MR) is 143 cm³/mol. The zero-order chi connectivity index (χ0) is 26.5. The summed E-state index contributed by atoms with van der Waals surface area (Å²) in [5.41, 5.74) is 3.78. The molecule has 194 valence electrons. The summed E-state index contributed by atoms with van der Waals surface area (Å²) in [6.45, 7) is 4.10. The number of allylic oxidation sites excluding steroid dienone is 3. The number of esters is 1. The van der Waals surface area contributed by atoms with Crippen molar-refractivity contribution < 1.29 is 24.0 Å². The Morgan fingerprint density at radius 2 is 1.89 bits per heavy atom. The van der Waals surface area contributed by atoms with Crippen molar-refractivity contribution >= 4 is 29.2 Å². The van der Waals surface area contributed by atoms with Crippen LogP contribution in [0.3, 0.4) is 0 Å². The summed E-state index contributed by atoms with van der Waals surface area (Å²) in [6.07, 6.45) is 0.830. The van der Waals surface area contributed by atoms with Gasteiger partial charge in [0.25, 0.3) is 5.69 Å². The monoisotopic (exact) mass is 522 g/mol. The molecule has 1 aliphatic carbocycles. The molecule has 2 aromatic carbocycles. The molecule has 4 rings (SSSR count). The van der Waals surface area contributed by atoms with E-state index in [1.807, 2.05) is 31.2 Å². The van der Waals surface area contributed by atoms with Crippen LogP contribution in [0, 0.1) is 10.1 Å². The number of nitrogens with one attached hydrogen (secondary N) is 1. The highest BCUT2D eigenvalue weighted by Crippen LogP contribution is 2.47. The van der Waals surface area contributed by atoms with Gasteiger partial charge in [-0.2, -0.15) is 11.8 Å². The van der Waals surface area contributed by atoms with Crippen molar-refractivity contribution in [2.45, 2.75) is 38.5 Å². The highest BCUT2D eigenvalue weighted by molar-refractivity contribution is 7.99. The minimum Gasteiger partial charge on any atom is -0.496 e. The zero-order valence-corrected chi connectivity index (χ0v) is 21.9. The molecule has 0 saturated carbocycles. The second kappa shape index (κ2) is 11.6. The minimum atomic E-state index is -0.672. The molecule has 1 N–H and O–H groups in total. The molecule has 0 fully saturated rings. The Morgan fingerprint density at radius 1 is 1.16 bits per heavy atom. The topological polar surface area (TPSA) is 108 Å². The molecular formula is C28H30N2O6S. The summed E-state index contributed by atoms with van der Waals surface area (Å²) in [4.78, 5) is 37.8. The lowest BCUT2D eigenvalue weighted by atomic mass is 9.71. The fraction of sp³-hybridized carbons (Fsp3) is 0.357. The van der Waals surface area contributed by atoms with Gasteiger partial charge in [0.1, 0.15) is 12.4 Å². The van der Waals surface area contributed by atoms with Gasteiger partial charge in [-0.15, -0.1) is 0 Å². The van der Waals surface area contributed by atoms with Crippen LogP contribution in [0.5, 0.6) is 5.75 Å². The number of carbonyl (C=O) groups is 2. The van der Waals surface area contributed by atoms with Gasteiger partial charge in [-0.3, -0.25) is 14.9 Å². The highest BCUT2D eigenvalue weighted by atomic mass is 32.2. The number of dihydropyridines is 1. The number of ketones is 1. The van der Waals surface area contributed by atoms with Crippen LogP contribution in [0.25, 0.3) is 0 Å². The average molecular weight is 523 g/mol. The number of methoxy groups -OCH3 is 1. The number of Topliss-reactive ketones (excluding diaryl/α,β-unsaturated/α-hetero) is 1. The summed E-state index contributed by atoms with van der Waals surface area (Å²) in [5.74, 6) is 1.01. The van der Waals surface area contributed by atoms with E-state index in [1.54, 1.807) is 37.9 Å². The van der Waals surface area contributed by atoms with E-state index in [0.717, 1.165) is 22.8 Å². The van der Waals surface area contributed by atoms with Crippen LogP contribution < -0.4 is 10.1 Å². The summed E-state index contributed by atoms with van der Waals surface area (Å²) < 4.78 is 11.1. The number of nitro groups is 1. The van der Waals surface area contributed by atoms with Crippen molar-refractivity contribution in [2.24, 2.45) is 0 Å². The van der Waals surface area contributed by atoms with Crippen molar-refractivity contribution in [3.05, 3.63) is 92.3 Å². The van der Waals surface area contributed by atoms with E-state index in [2.05, 4.69) is 5.32 Å². The predicted octanol–water partition coefficient (Wildman–Crippen LogP) is 5.26. The van der Waals surface area contributed by atoms with E-state index in [-0.39, 0.29) is 30.4 Å². The second-order valence-electron chi connectivity index (χ2n) is 8.94. The van der Waals surface area contributed by atoms with Crippen molar-refractivity contribution in [3.63, 3.8) is 0 Å². The zero-order valence-electron chi connectivity index (χ0n) is 21.1. The maximum atomic E-state index is 13.7. The summed E-state index contributed by atoms with van der Waals surface area (Å²) in [6, 6.07) is 13.7. The molecule has 2 atom stereocenters. The number of thioether (sulfide) groups is 1. The molecule has 2 aliphatic rings. The number of hydrogen-bond donors (Lipinski definition) is 1. The quantitative estimate of drug-likeness (QED) is 0.206. The van der Waals surface area contributed by atoms with Crippen molar-refractivity contribution in [2.75, 3.05) is 25.2 Å². The van der Waals surface area contributed by atoms with Gasteiger partial charge in [-0.25, -0.2) is 4.79 Å². The Morgan fingerprint density at radius 3 is 2.57 bits per heavy atom. The van der Waals surface area contributed by atoms with Crippen LogP contribution in [0.1, 0.15) is 49.7 Å². The molecule has 0 unspecified atom stereocenters. The van der Waals surface area contributed by atoms with Crippen molar-refractivity contribution in [1.29, 1.82) is 0 Å². The first kappa shape index (κ1) is 26.5. The largest absolute Gasteiger partial charge is 0.496 e. The van der Waals surface area contributed by atoms with E-state index in [1.165, 1.54) is 12.1 Å². The normalized spacial score (nSPS) is 19.3. The fourth-order valence-corrected chi connectivity index (χ4v) is 5.56. The van der Waals surface area contributed by atoms with Crippen molar-refractivity contribution in [3.8, 4) is 5.75 Å². The molecule has 9 heteroatoms. The Bertz CT molecular complexity index is 1270. The van der Waals surface area contributed by atoms with E-state index in [0.29, 0.717) is 34.6 Å². The lowest BCUT2D eigenvalue weighted by molar-refractivity contribution is -0.384. The number of carbonyl (C=O) groups excluding carboxylic acids is 2. The van der Waals surface area contributed by atoms with Crippen LogP contribution in [0.2, 0.25) is 0 Å². The first-order valence-corrected chi connectivity index (χ1v) is 13.4. The Balaban J connectivity index is 1.74. The van der Waals surface area contributed by atoms with Crippen LogP contribution in [-0.2, 0) is 14.3 Å². The number of para-hydroxylation sites is 1. The number of nitrogens with zero attached hydrogens (tertiary/aromatic N) is 1. The molecule has 0 saturated heterocycles. The Kier molecular flexibility index (Phi) is 8.33. The van der Waals surface area contributed by atoms with E-state index in [4.69, 9.17) is 9.47 Å². The molecule has 0 bridgehead atoms. The maximum Gasteiger partial charge on any atom is 0.336 e. The van der Waals surface area contributed by atoms with Gasteiger partial charge in [-0.05, 0) is 36.3 Å². The number of rotatable bonds is 9. The molecule has 2 aromatic rings. The molecule has 1 aliphatic heterocycles. The van der Waals surface area contributed by atoms with Gasteiger partial charge in [0.05, 0.1) is 17.6 Å². The highest BCUT2D eigenvalue weighted by Gasteiger charge is 2.42. The Hall–Kier alpha value is -3.59. The van der Waals surface area contributed by atoms with Gasteiger partial charge in [0.15, 0.2) is 5.78 Å². The Labute approximate surface area is 220 Å². The lowest BCUT2D eigenvalue weighted by Crippen LogP contribution is -2.36. The summed E-state index contributed by atoms with van der Waals surface area (Å²) >= 11 is 1.67. The van der Waals surface area contributed by atoms with Crippen LogP contribution in [0.4, 0.5) is 5.69 Å². The molecule has 1 heterocycles. The molecule has 37 heavy (non-hydrogen) atoms. The number of hydrogen-bond acceptors (Lipinski definition) is 8. The van der Waals surface area contributed by atoms with E-state index < -0.39 is 16.8 Å². The molecule has 0 spiro atoms. The standard InChI is InChI=1S/C28H30N2O6S/c1-4-37-14-13-36-28(32)25-17(2)29-22-15-19(21-7-5-6-8-24(21)35-3)16-23(31)27(22)26(25)18-9-11-20(12-10-18)30(33)34/h5-12,19,26,29H,4,13-16H2,1-3H3/t19-,26-/m1/s1. The third kappa shape index (κ3) is 5.56. The maximum absolute atomic E-state index is 13.7. The van der Waals surface area contributed by atoms with Crippen LogP contribution >= 0.6 is 11.8 Å². The summed E-state index contributed by atoms with van der Waals surface area (Å²) in [5, 5.41) is 14.6. The van der Waals surface area contributed by atoms with Crippen molar-refractivity contribution in [1.82, 2.24) is 5.32 Å². The molecule has 0 amide bonds. The second-order valence-corrected chi connectivity index (χ2v) is 10.3. The number of ether oxygens (including phenoxy) is 2. The molecular weight excluding hydrogens is 492 g/mol. The number of benzene rings is 2. The first-order valence-electron chi connectivity index (χ1n) is 12.2. The molecule has 8 nitrogen and oxygen atoms in total. The van der Waals surface area contributed by atoms with Crippen LogP contribution in [0.15, 0.2) is 71.1 Å². The summed E-state index contributed by atoms with van der Waals surface area (Å²) in [7, 11) is 1.61. The van der Waals surface area contributed by atoms with Gasteiger partial charge in [0, 0.05) is 53.1 Å². The minimum absolute atomic E-state index is 0.0560. The van der Waals surface area contributed by atoms with Crippen LogP contribution in [-0.4, -0.2) is 41.9 Å². The molecule has 0 radical (unpaired) electrons. The number of nitro benzene ring substituents is 1. The third-order valence-electron chi connectivity index (χ3n) is 6.73. The smallest absolute Gasteiger partial charge is 0.336 e. The first-order chi connectivity index (χ1) is 17.8. The van der Waals surface area contributed by atoms with Gasteiger partial charge in [-0.1, -0.05) is 37.3 Å². The third-order valence-corrected chi connectivity index (χ3v) is 7.59. The lowest BCUT2D eigenvalue weighted by Gasteiger charge is -2.37. The van der Waals surface area contributed by atoms with Gasteiger partial charge in [0.2, 0.25) is 0 Å². The fourth-order valence-electron chi connectivity index (χ4n) is 5.07. The number of non-ortho nitro benzene ring substituents is 1. The van der Waals surface area contributed by atoms with E-state index in [9.17, 15) is 19.7 Å². The van der Waals surface area contributed by atoms with Gasteiger partial charge < -0.3 is 14.8 Å². The average Bonchev–Trinajstić information content (AvgIpc) is 2.90. The SMILES string of the molecule is CCSCCOC(=O)C1=C(C)NC2=C(C(=O)C[C@H](c3ccccc3OC)C2)[C@@H]1c1ccc([N+](=O)[O-])cc1. The van der Waals surface area contributed by atoms with E-state index >= 15 is 0 Å².